The first kappa shape index (κ1) is 16.4. The number of carbonyl (C=O) groups excluding carboxylic acids is 2. The fourth-order valence-corrected chi connectivity index (χ4v) is 4.69. The van der Waals surface area contributed by atoms with Gasteiger partial charge < -0.3 is 15.1 Å². The molecule has 3 aliphatic heterocycles. The SMILES string of the molecule is Cc1cc(C2C[C@H]3CC[C@@H](C2)N3C(=O)CN2CCNC2=O)ccc1F. The highest BCUT2D eigenvalue weighted by molar-refractivity contribution is 5.85. The van der Waals surface area contributed by atoms with Crippen LogP contribution < -0.4 is 5.32 Å². The van der Waals surface area contributed by atoms with Gasteiger partial charge in [-0.2, -0.15) is 0 Å². The number of amides is 3. The number of piperidine rings is 1. The number of carbonyl (C=O) groups is 2. The van der Waals surface area contributed by atoms with Crippen LogP contribution in [0.5, 0.6) is 0 Å². The average molecular weight is 345 g/mol. The lowest BCUT2D eigenvalue weighted by atomic mass is 9.84. The zero-order valence-electron chi connectivity index (χ0n) is 14.5. The Bertz CT molecular complexity index is 694. The van der Waals surface area contributed by atoms with Crippen molar-refractivity contribution >= 4 is 11.9 Å². The molecular formula is C19H24FN3O2. The van der Waals surface area contributed by atoms with Crippen molar-refractivity contribution in [3.63, 3.8) is 0 Å². The molecule has 134 valence electrons. The Morgan fingerprint density at radius 2 is 2.00 bits per heavy atom. The van der Waals surface area contributed by atoms with E-state index in [9.17, 15) is 14.0 Å². The van der Waals surface area contributed by atoms with Gasteiger partial charge >= 0.3 is 6.03 Å². The maximum absolute atomic E-state index is 13.5. The van der Waals surface area contributed by atoms with Gasteiger partial charge in [0.2, 0.25) is 5.91 Å². The first-order valence-electron chi connectivity index (χ1n) is 9.13. The fraction of sp³-hybridized carbons (Fsp3) is 0.579. The summed E-state index contributed by atoms with van der Waals surface area (Å²) in [7, 11) is 0. The first-order valence-corrected chi connectivity index (χ1v) is 9.13. The molecule has 3 fully saturated rings. The molecule has 0 radical (unpaired) electrons. The normalized spacial score (nSPS) is 28.4. The predicted molar refractivity (Wildman–Crippen MR) is 91.7 cm³/mol. The molecule has 6 heteroatoms. The predicted octanol–water partition coefficient (Wildman–Crippen LogP) is 2.40. The molecule has 3 heterocycles. The summed E-state index contributed by atoms with van der Waals surface area (Å²) in [5.41, 5.74) is 1.87. The highest BCUT2D eigenvalue weighted by Crippen LogP contribution is 2.43. The van der Waals surface area contributed by atoms with Gasteiger partial charge in [0.1, 0.15) is 12.4 Å². The minimum atomic E-state index is -0.164. The highest BCUT2D eigenvalue weighted by Gasteiger charge is 2.44. The first-order chi connectivity index (χ1) is 12.0. The quantitative estimate of drug-likeness (QED) is 0.915. The van der Waals surface area contributed by atoms with Gasteiger partial charge in [-0.25, -0.2) is 9.18 Å². The van der Waals surface area contributed by atoms with Crippen LogP contribution in [0.2, 0.25) is 0 Å². The van der Waals surface area contributed by atoms with Gasteiger partial charge in [0.05, 0.1) is 0 Å². The molecule has 4 rings (SSSR count). The van der Waals surface area contributed by atoms with E-state index in [0.29, 0.717) is 24.6 Å². The lowest BCUT2D eigenvalue weighted by Crippen LogP contribution is -2.50. The van der Waals surface area contributed by atoms with Gasteiger partial charge in [-0.3, -0.25) is 4.79 Å². The average Bonchev–Trinajstić information content (AvgIpc) is 3.10. The summed E-state index contributed by atoms with van der Waals surface area (Å²) in [5, 5.41) is 2.74. The van der Waals surface area contributed by atoms with Crippen molar-refractivity contribution in [1.29, 1.82) is 0 Å². The Balaban J connectivity index is 1.45. The van der Waals surface area contributed by atoms with Crippen molar-refractivity contribution < 1.29 is 14.0 Å². The number of nitrogens with zero attached hydrogens (tertiary/aromatic N) is 2. The molecule has 3 saturated heterocycles. The molecule has 3 aliphatic rings. The smallest absolute Gasteiger partial charge is 0.317 e. The minimum absolute atomic E-state index is 0.0679. The molecule has 25 heavy (non-hydrogen) atoms. The van der Waals surface area contributed by atoms with E-state index in [0.717, 1.165) is 25.7 Å². The van der Waals surface area contributed by atoms with Crippen LogP contribution in [-0.4, -0.2) is 53.5 Å². The van der Waals surface area contributed by atoms with Gasteiger partial charge in [0, 0.05) is 25.2 Å². The highest BCUT2D eigenvalue weighted by atomic mass is 19.1. The topological polar surface area (TPSA) is 52.7 Å². The second-order valence-corrected chi connectivity index (χ2v) is 7.52. The molecular weight excluding hydrogens is 321 g/mol. The van der Waals surface area contributed by atoms with Crippen molar-refractivity contribution in [3.05, 3.63) is 35.1 Å². The summed E-state index contributed by atoms with van der Waals surface area (Å²) in [4.78, 5) is 28.1. The van der Waals surface area contributed by atoms with E-state index >= 15 is 0 Å². The van der Waals surface area contributed by atoms with Crippen LogP contribution in [0.25, 0.3) is 0 Å². The summed E-state index contributed by atoms with van der Waals surface area (Å²) in [6.45, 7) is 3.20. The summed E-state index contributed by atoms with van der Waals surface area (Å²) in [5.74, 6) is 0.289. The molecule has 5 nitrogen and oxygen atoms in total. The van der Waals surface area contributed by atoms with Crippen LogP contribution in [0.1, 0.15) is 42.7 Å². The number of hydrogen-bond donors (Lipinski definition) is 1. The minimum Gasteiger partial charge on any atom is -0.336 e. The molecule has 1 aromatic rings. The molecule has 0 aliphatic carbocycles. The van der Waals surface area contributed by atoms with E-state index < -0.39 is 0 Å². The summed E-state index contributed by atoms with van der Waals surface area (Å²) < 4.78 is 13.5. The van der Waals surface area contributed by atoms with Gasteiger partial charge in [-0.15, -0.1) is 0 Å². The van der Waals surface area contributed by atoms with E-state index in [1.54, 1.807) is 17.9 Å². The number of urea groups is 1. The Morgan fingerprint density at radius 1 is 1.28 bits per heavy atom. The zero-order valence-corrected chi connectivity index (χ0v) is 14.5. The number of nitrogens with one attached hydrogen (secondary N) is 1. The Morgan fingerprint density at radius 3 is 2.60 bits per heavy atom. The van der Waals surface area contributed by atoms with E-state index in [1.807, 2.05) is 17.0 Å². The Labute approximate surface area is 147 Å². The molecule has 1 unspecified atom stereocenters. The molecule has 2 bridgehead atoms. The van der Waals surface area contributed by atoms with Crippen molar-refractivity contribution in [2.24, 2.45) is 0 Å². The molecule has 1 aromatic carbocycles. The van der Waals surface area contributed by atoms with Gasteiger partial charge in [0.15, 0.2) is 0 Å². The van der Waals surface area contributed by atoms with Crippen molar-refractivity contribution in [3.8, 4) is 0 Å². The fourth-order valence-electron chi connectivity index (χ4n) is 4.69. The molecule has 0 spiro atoms. The Hall–Kier alpha value is -2.11. The molecule has 0 aromatic heterocycles. The molecule has 0 saturated carbocycles. The van der Waals surface area contributed by atoms with E-state index in [-0.39, 0.29) is 36.4 Å². The van der Waals surface area contributed by atoms with Crippen LogP contribution in [0.3, 0.4) is 0 Å². The van der Waals surface area contributed by atoms with E-state index in [2.05, 4.69) is 5.32 Å². The van der Waals surface area contributed by atoms with Crippen molar-refractivity contribution in [2.75, 3.05) is 19.6 Å². The third kappa shape index (κ3) is 2.98. The zero-order chi connectivity index (χ0) is 17.6. The lowest BCUT2D eigenvalue weighted by Gasteiger charge is -2.40. The van der Waals surface area contributed by atoms with Crippen LogP contribution in [0.15, 0.2) is 18.2 Å². The number of benzene rings is 1. The number of halogens is 1. The van der Waals surface area contributed by atoms with Crippen molar-refractivity contribution in [2.45, 2.75) is 50.6 Å². The van der Waals surface area contributed by atoms with Gasteiger partial charge in [0.25, 0.3) is 0 Å². The third-order valence-corrected chi connectivity index (χ3v) is 5.95. The lowest BCUT2D eigenvalue weighted by molar-refractivity contribution is -0.136. The Kier molecular flexibility index (Phi) is 4.13. The van der Waals surface area contributed by atoms with Crippen LogP contribution in [0.4, 0.5) is 9.18 Å². The standard InChI is InChI=1S/C19H24FN3O2/c1-12-8-13(2-5-17(12)20)14-9-15-3-4-16(10-14)23(15)18(24)11-22-7-6-21-19(22)25/h2,5,8,14-16H,3-4,6-7,9-11H2,1H3,(H,21,25)/t14?,15-,16+. The molecule has 3 amide bonds. The number of aryl methyl sites for hydroxylation is 1. The molecule has 3 atom stereocenters. The van der Waals surface area contributed by atoms with E-state index in [4.69, 9.17) is 0 Å². The second kappa shape index (κ2) is 6.32. The molecule has 1 N–H and O–H groups in total. The van der Waals surface area contributed by atoms with Crippen LogP contribution in [-0.2, 0) is 4.79 Å². The second-order valence-electron chi connectivity index (χ2n) is 7.52. The van der Waals surface area contributed by atoms with E-state index in [1.165, 1.54) is 5.56 Å². The number of rotatable bonds is 3. The number of fused-ring (bicyclic) bond motifs is 2. The van der Waals surface area contributed by atoms with Gasteiger partial charge in [-0.05, 0) is 55.7 Å². The maximum Gasteiger partial charge on any atom is 0.317 e. The largest absolute Gasteiger partial charge is 0.336 e. The van der Waals surface area contributed by atoms with Gasteiger partial charge in [-0.1, -0.05) is 12.1 Å². The maximum atomic E-state index is 13.5. The van der Waals surface area contributed by atoms with Crippen molar-refractivity contribution in [1.82, 2.24) is 15.1 Å². The monoisotopic (exact) mass is 345 g/mol. The summed E-state index contributed by atoms with van der Waals surface area (Å²) in [6.07, 6.45) is 3.91. The third-order valence-electron chi connectivity index (χ3n) is 5.95. The number of hydrogen-bond acceptors (Lipinski definition) is 2. The summed E-state index contributed by atoms with van der Waals surface area (Å²) in [6, 6.07) is 5.73. The van der Waals surface area contributed by atoms with Crippen LogP contribution in [0, 0.1) is 12.7 Å². The van der Waals surface area contributed by atoms with Crippen LogP contribution >= 0.6 is 0 Å². The summed E-state index contributed by atoms with van der Waals surface area (Å²) >= 11 is 0.